The highest BCUT2D eigenvalue weighted by Gasteiger charge is 2.31. The van der Waals surface area contributed by atoms with E-state index in [0.717, 1.165) is 54.1 Å². The van der Waals surface area contributed by atoms with E-state index in [-0.39, 0.29) is 5.91 Å². The summed E-state index contributed by atoms with van der Waals surface area (Å²) in [7, 11) is 0. The minimum Gasteiger partial charge on any atom is -0.356 e. The Bertz CT molecular complexity index is 1020. The maximum Gasteiger partial charge on any atom is 0.266 e. The molecule has 0 spiro atoms. The molecule has 4 rings (SSSR count). The molecule has 4 nitrogen and oxygen atoms in total. The van der Waals surface area contributed by atoms with Gasteiger partial charge in [0.05, 0.1) is 10.4 Å². The Hall–Kier alpha value is -2.18. The van der Waals surface area contributed by atoms with Crippen LogP contribution in [0.2, 0.25) is 0 Å². The number of hydrogen-bond donors (Lipinski definition) is 0. The fourth-order valence-corrected chi connectivity index (χ4v) is 5.08. The smallest absolute Gasteiger partial charge is 0.266 e. The lowest BCUT2D eigenvalue weighted by Gasteiger charge is -2.32. The first-order valence-electron chi connectivity index (χ1n) is 9.99. The average Bonchev–Trinajstić information content (AvgIpc) is 2.96. The van der Waals surface area contributed by atoms with Crippen molar-refractivity contribution in [1.82, 2.24) is 9.88 Å². The van der Waals surface area contributed by atoms with Crippen LogP contribution in [0.5, 0.6) is 0 Å². The first-order valence-corrected chi connectivity index (χ1v) is 11.2. The predicted molar refractivity (Wildman–Crippen MR) is 127 cm³/mol. The molecule has 0 aliphatic carbocycles. The number of thiocarbonyl (C=S) groups is 1. The zero-order valence-corrected chi connectivity index (χ0v) is 18.5. The van der Waals surface area contributed by atoms with Gasteiger partial charge in [-0.3, -0.25) is 9.69 Å². The van der Waals surface area contributed by atoms with Crippen LogP contribution < -0.4 is 4.90 Å². The van der Waals surface area contributed by atoms with E-state index in [1.807, 2.05) is 6.08 Å². The number of aromatic nitrogens is 1. The number of thioether (sulfide) groups is 1. The third-order valence-electron chi connectivity index (χ3n) is 5.53. The lowest BCUT2D eigenvalue weighted by Crippen LogP contribution is -2.34. The van der Waals surface area contributed by atoms with E-state index < -0.39 is 0 Å². The molecular formula is C23H25N3OS2. The van der Waals surface area contributed by atoms with Gasteiger partial charge in [-0.1, -0.05) is 48.6 Å². The summed E-state index contributed by atoms with van der Waals surface area (Å²) in [5, 5.41) is 1.09. The number of aryl methyl sites for hydroxylation is 1. The van der Waals surface area contributed by atoms with Gasteiger partial charge in [-0.05, 0) is 50.0 Å². The fourth-order valence-electron chi connectivity index (χ4n) is 3.81. The van der Waals surface area contributed by atoms with Crippen LogP contribution in [0.25, 0.3) is 17.0 Å². The Kier molecular flexibility index (Phi) is 5.74. The zero-order chi connectivity index (χ0) is 20.5. The van der Waals surface area contributed by atoms with Crippen molar-refractivity contribution in [3.05, 3.63) is 53.0 Å². The van der Waals surface area contributed by atoms with Gasteiger partial charge in [-0.15, -0.1) is 6.58 Å². The Labute approximate surface area is 181 Å². The number of fused-ring (bicyclic) bond motifs is 1. The van der Waals surface area contributed by atoms with Gasteiger partial charge in [0.25, 0.3) is 5.91 Å². The first-order chi connectivity index (χ1) is 14.0. The Morgan fingerprint density at radius 1 is 1.31 bits per heavy atom. The number of pyridine rings is 1. The van der Waals surface area contributed by atoms with Gasteiger partial charge >= 0.3 is 0 Å². The number of benzene rings is 1. The molecule has 2 aliphatic rings. The minimum atomic E-state index is -0.0533. The van der Waals surface area contributed by atoms with Crippen LogP contribution >= 0.6 is 24.0 Å². The van der Waals surface area contributed by atoms with Crippen molar-refractivity contribution in [2.24, 2.45) is 5.92 Å². The van der Waals surface area contributed by atoms with Crippen LogP contribution in [0.1, 0.15) is 30.9 Å². The van der Waals surface area contributed by atoms with Gasteiger partial charge < -0.3 is 4.90 Å². The highest BCUT2D eigenvalue weighted by Crippen LogP contribution is 2.35. The summed E-state index contributed by atoms with van der Waals surface area (Å²) in [4.78, 5) is 22.4. The second-order valence-corrected chi connectivity index (χ2v) is 9.52. The number of rotatable bonds is 4. The molecule has 0 radical (unpaired) electrons. The average molecular weight is 424 g/mol. The molecule has 0 bridgehead atoms. The number of hydrogen-bond acceptors (Lipinski definition) is 5. The molecule has 1 amide bonds. The Morgan fingerprint density at radius 2 is 2.07 bits per heavy atom. The van der Waals surface area contributed by atoms with Gasteiger partial charge in [0, 0.05) is 30.6 Å². The van der Waals surface area contributed by atoms with Crippen LogP contribution in [0.4, 0.5) is 5.82 Å². The van der Waals surface area contributed by atoms with Gasteiger partial charge in [0.15, 0.2) is 0 Å². The van der Waals surface area contributed by atoms with Crippen LogP contribution in [-0.2, 0) is 4.79 Å². The molecule has 3 heterocycles. The second-order valence-electron chi connectivity index (χ2n) is 7.85. The zero-order valence-electron chi connectivity index (χ0n) is 16.9. The third kappa shape index (κ3) is 4.09. The van der Waals surface area contributed by atoms with Crippen LogP contribution in [0.3, 0.4) is 0 Å². The molecule has 2 aliphatic heterocycles. The number of nitrogens with zero attached hydrogens (tertiary/aromatic N) is 3. The van der Waals surface area contributed by atoms with Crippen molar-refractivity contribution in [2.75, 3.05) is 24.5 Å². The van der Waals surface area contributed by atoms with E-state index in [1.165, 1.54) is 17.3 Å². The Balaban J connectivity index is 1.79. The Morgan fingerprint density at radius 3 is 2.79 bits per heavy atom. The summed E-state index contributed by atoms with van der Waals surface area (Å²) in [6, 6.07) is 8.47. The number of amides is 1. The molecule has 2 fully saturated rings. The lowest BCUT2D eigenvalue weighted by atomic mass is 9.98. The summed E-state index contributed by atoms with van der Waals surface area (Å²) in [6.45, 7) is 10.5. The van der Waals surface area contributed by atoms with Gasteiger partial charge in [0.2, 0.25) is 0 Å². The summed E-state index contributed by atoms with van der Waals surface area (Å²) in [5.41, 5.74) is 3.17. The second kappa shape index (κ2) is 8.28. The fraction of sp³-hybridized carbons (Fsp3) is 0.348. The largest absolute Gasteiger partial charge is 0.356 e. The highest BCUT2D eigenvalue weighted by molar-refractivity contribution is 8.26. The molecule has 150 valence electrons. The SMILES string of the molecule is C=CCN1C(=O)/C(=C/c2cc3cc(C)ccc3nc2N2CCC(C)CC2)SC1=S. The number of carbonyl (C=O) groups excluding carboxylic acids is 1. The molecular weight excluding hydrogens is 398 g/mol. The monoisotopic (exact) mass is 423 g/mol. The molecule has 6 heteroatoms. The summed E-state index contributed by atoms with van der Waals surface area (Å²) in [6.07, 6.45) is 5.99. The van der Waals surface area contributed by atoms with Crippen molar-refractivity contribution in [1.29, 1.82) is 0 Å². The normalized spacial score (nSPS) is 19.6. The van der Waals surface area contributed by atoms with Gasteiger partial charge in [0.1, 0.15) is 10.1 Å². The van der Waals surface area contributed by atoms with E-state index in [1.54, 1.807) is 11.0 Å². The van der Waals surface area contributed by atoms with Crippen molar-refractivity contribution in [3.63, 3.8) is 0 Å². The molecule has 0 unspecified atom stereocenters. The number of piperidine rings is 1. The molecule has 1 aromatic carbocycles. The van der Waals surface area contributed by atoms with Crippen LogP contribution in [-0.4, -0.2) is 39.7 Å². The lowest BCUT2D eigenvalue weighted by molar-refractivity contribution is -0.121. The van der Waals surface area contributed by atoms with Crippen LogP contribution in [0.15, 0.2) is 41.8 Å². The minimum absolute atomic E-state index is 0.0533. The van der Waals surface area contributed by atoms with Crippen LogP contribution in [0, 0.1) is 12.8 Å². The summed E-state index contributed by atoms with van der Waals surface area (Å²) in [5.74, 6) is 1.65. The molecule has 2 saturated heterocycles. The number of carbonyl (C=O) groups is 1. The molecule has 0 saturated carbocycles. The van der Waals surface area contributed by atoms with E-state index >= 15 is 0 Å². The van der Waals surface area contributed by atoms with Gasteiger partial charge in [-0.2, -0.15) is 0 Å². The van der Waals surface area contributed by atoms with E-state index in [9.17, 15) is 4.79 Å². The maximum atomic E-state index is 12.8. The van der Waals surface area contributed by atoms with E-state index in [4.69, 9.17) is 17.2 Å². The van der Waals surface area contributed by atoms with Gasteiger partial charge in [-0.25, -0.2) is 4.98 Å². The van der Waals surface area contributed by atoms with E-state index in [0.29, 0.717) is 15.8 Å². The molecule has 1 aromatic heterocycles. The molecule has 0 atom stereocenters. The third-order valence-corrected chi connectivity index (χ3v) is 6.91. The summed E-state index contributed by atoms with van der Waals surface area (Å²) >= 11 is 6.75. The number of anilines is 1. The topological polar surface area (TPSA) is 36.4 Å². The predicted octanol–water partition coefficient (Wildman–Crippen LogP) is 5.17. The molecule has 0 N–H and O–H groups in total. The van der Waals surface area contributed by atoms with Crippen molar-refractivity contribution in [2.45, 2.75) is 26.7 Å². The van der Waals surface area contributed by atoms with Crippen molar-refractivity contribution < 1.29 is 4.79 Å². The van der Waals surface area contributed by atoms with Crippen molar-refractivity contribution in [3.8, 4) is 0 Å². The highest BCUT2D eigenvalue weighted by atomic mass is 32.2. The van der Waals surface area contributed by atoms with Crippen molar-refractivity contribution >= 4 is 57.0 Å². The summed E-state index contributed by atoms with van der Waals surface area (Å²) < 4.78 is 0.582. The molecule has 2 aromatic rings. The molecule has 29 heavy (non-hydrogen) atoms. The standard InChI is InChI=1S/C23H25N3OS2/c1-4-9-26-22(27)20(29-23(26)28)14-18-13-17-12-16(3)5-6-19(17)24-21(18)25-10-7-15(2)8-11-25/h4-6,12-15H,1,7-11H2,2-3H3/b20-14-. The quantitative estimate of drug-likeness (QED) is 0.385. The van der Waals surface area contributed by atoms with E-state index in [2.05, 4.69) is 49.6 Å². The first kappa shape index (κ1) is 20.1. The maximum absolute atomic E-state index is 12.8.